The number of rotatable bonds is 4. The Morgan fingerprint density at radius 2 is 1.74 bits per heavy atom. The molecule has 0 spiro atoms. The van der Waals surface area contributed by atoms with E-state index >= 15 is 0 Å². The number of carbonyl (C=O) groups is 1. The number of hydrogen-bond acceptors (Lipinski definition) is 4. The van der Waals surface area contributed by atoms with Gasteiger partial charge in [0.1, 0.15) is 5.75 Å². The minimum Gasteiger partial charge on any atom is -0.481 e. The van der Waals surface area contributed by atoms with Crippen molar-refractivity contribution in [3.05, 3.63) is 48.0 Å². The summed E-state index contributed by atoms with van der Waals surface area (Å²) in [5.74, 6) is -0.0543. The van der Waals surface area contributed by atoms with Gasteiger partial charge in [-0.3, -0.25) is 4.79 Å². The maximum Gasteiger partial charge on any atom is 0.307 e. The second-order valence-corrected chi connectivity index (χ2v) is 4.04. The number of aliphatic carboxylic acids is 1. The predicted molar refractivity (Wildman–Crippen MR) is 73.1 cm³/mol. The molecule has 5 nitrogen and oxygen atoms in total. The van der Waals surface area contributed by atoms with Gasteiger partial charge in [0.25, 0.3) is 0 Å². The van der Waals surface area contributed by atoms with Crippen LogP contribution >= 0.6 is 0 Å². The first kappa shape index (κ1) is 12.8. The highest BCUT2D eigenvalue weighted by Crippen LogP contribution is 2.32. The van der Waals surface area contributed by atoms with E-state index in [1.165, 1.54) is 0 Å². The highest BCUT2D eigenvalue weighted by molar-refractivity contribution is 5.74. The van der Waals surface area contributed by atoms with Gasteiger partial charge in [0.2, 0.25) is 0 Å². The van der Waals surface area contributed by atoms with Crippen molar-refractivity contribution in [1.82, 2.24) is 0 Å². The third-order valence-corrected chi connectivity index (χ3v) is 2.64. The van der Waals surface area contributed by atoms with Crippen molar-refractivity contribution in [1.29, 1.82) is 0 Å². The number of hydrogen-bond donors (Lipinski definition) is 3. The molecule has 0 fully saturated rings. The Kier molecular flexibility index (Phi) is 3.56. The van der Waals surface area contributed by atoms with Crippen LogP contribution in [0, 0.1) is 0 Å². The number of nitrogens with two attached hydrogens (primary N) is 2. The molecular formula is C14H14N2O3. The lowest BCUT2D eigenvalue weighted by Crippen LogP contribution is -2.04. The molecule has 0 bridgehead atoms. The van der Waals surface area contributed by atoms with Gasteiger partial charge in [-0.05, 0) is 23.8 Å². The number of para-hydroxylation sites is 3. The Balaban J connectivity index is 2.31. The molecule has 0 aromatic heterocycles. The van der Waals surface area contributed by atoms with E-state index < -0.39 is 5.97 Å². The Morgan fingerprint density at radius 3 is 2.42 bits per heavy atom. The molecule has 2 aromatic carbocycles. The third-order valence-electron chi connectivity index (χ3n) is 2.64. The van der Waals surface area contributed by atoms with Crippen molar-refractivity contribution in [3.63, 3.8) is 0 Å². The smallest absolute Gasteiger partial charge is 0.307 e. The quantitative estimate of drug-likeness (QED) is 0.731. The molecule has 0 amide bonds. The minimum absolute atomic E-state index is 0.146. The minimum atomic E-state index is -0.942. The van der Waals surface area contributed by atoms with E-state index in [0.29, 0.717) is 28.4 Å². The number of ether oxygens (including phenoxy) is 1. The molecule has 0 aliphatic heterocycles. The maximum absolute atomic E-state index is 10.7. The topological polar surface area (TPSA) is 98.6 Å². The summed E-state index contributed by atoms with van der Waals surface area (Å²) in [5.41, 5.74) is 13.0. The lowest BCUT2D eigenvalue weighted by atomic mass is 10.1. The van der Waals surface area contributed by atoms with E-state index in [0.717, 1.165) is 0 Å². The summed E-state index contributed by atoms with van der Waals surface area (Å²) >= 11 is 0. The Bertz CT molecular complexity index is 611. The molecule has 0 atom stereocenters. The maximum atomic E-state index is 10.7. The predicted octanol–water partition coefficient (Wildman–Crippen LogP) is 2.27. The van der Waals surface area contributed by atoms with Crippen LogP contribution in [0.1, 0.15) is 5.56 Å². The Labute approximate surface area is 110 Å². The first-order valence-electron chi connectivity index (χ1n) is 5.69. The van der Waals surface area contributed by atoms with Crippen LogP contribution in [0.15, 0.2) is 42.5 Å². The van der Waals surface area contributed by atoms with E-state index in [9.17, 15) is 4.79 Å². The van der Waals surface area contributed by atoms with Gasteiger partial charge >= 0.3 is 5.97 Å². The summed E-state index contributed by atoms with van der Waals surface area (Å²) < 4.78 is 5.62. The van der Waals surface area contributed by atoms with Crippen LogP contribution < -0.4 is 16.2 Å². The molecule has 5 heteroatoms. The number of benzene rings is 2. The van der Waals surface area contributed by atoms with Gasteiger partial charge in [0.05, 0.1) is 17.8 Å². The van der Waals surface area contributed by atoms with Crippen LogP contribution in [0.25, 0.3) is 0 Å². The molecule has 2 aromatic rings. The molecule has 2 rings (SSSR count). The Morgan fingerprint density at radius 1 is 1.05 bits per heavy atom. The standard InChI is InChI=1S/C14H14N2O3/c15-10-5-1-2-6-11(10)19-12-7-3-4-9(14(12)16)8-13(17)18/h1-7H,8,15-16H2,(H,17,18). The second kappa shape index (κ2) is 5.30. The zero-order valence-corrected chi connectivity index (χ0v) is 10.2. The molecule has 98 valence electrons. The van der Waals surface area contributed by atoms with Crippen molar-refractivity contribution < 1.29 is 14.6 Å². The number of nitrogen functional groups attached to an aromatic ring is 2. The van der Waals surface area contributed by atoms with Gasteiger partial charge in [0.15, 0.2) is 5.75 Å². The molecule has 19 heavy (non-hydrogen) atoms. The lowest BCUT2D eigenvalue weighted by Gasteiger charge is -2.12. The van der Waals surface area contributed by atoms with Crippen LogP contribution in [0.4, 0.5) is 11.4 Å². The number of anilines is 2. The van der Waals surface area contributed by atoms with E-state index in [1.807, 2.05) is 0 Å². The largest absolute Gasteiger partial charge is 0.481 e. The summed E-state index contributed by atoms with van der Waals surface area (Å²) in [4.78, 5) is 10.7. The molecular weight excluding hydrogens is 244 g/mol. The highest BCUT2D eigenvalue weighted by atomic mass is 16.5. The normalized spacial score (nSPS) is 10.1. The van der Waals surface area contributed by atoms with Crippen molar-refractivity contribution in [2.45, 2.75) is 6.42 Å². The summed E-state index contributed by atoms with van der Waals surface area (Å²) in [5, 5.41) is 8.80. The van der Waals surface area contributed by atoms with E-state index in [-0.39, 0.29) is 6.42 Å². The monoisotopic (exact) mass is 258 g/mol. The van der Waals surface area contributed by atoms with E-state index in [4.69, 9.17) is 21.3 Å². The zero-order chi connectivity index (χ0) is 13.8. The zero-order valence-electron chi connectivity index (χ0n) is 10.2. The van der Waals surface area contributed by atoms with Crippen molar-refractivity contribution in [3.8, 4) is 11.5 Å². The SMILES string of the molecule is Nc1ccccc1Oc1cccc(CC(=O)O)c1N. The number of carboxylic acid groups (broad SMARTS) is 1. The van der Waals surface area contributed by atoms with Crippen LogP contribution in [0.3, 0.4) is 0 Å². The van der Waals surface area contributed by atoms with E-state index in [1.54, 1.807) is 42.5 Å². The molecule has 0 radical (unpaired) electrons. The molecule has 0 aliphatic rings. The van der Waals surface area contributed by atoms with Crippen LogP contribution in [-0.2, 0) is 11.2 Å². The average molecular weight is 258 g/mol. The molecule has 0 heterocycles. The molecule has 5 N–H and O–H groups in total. The summed E-state index contributed by atoms with van der Waals surface area (Å²) in [7, 11) is 0. The molecule has 0 unspecified atom stereocenters. The first-order chi connectivity index (χ1) is 9.08. The fourth-order valence-corrected chi connectivity index (χ4v) is 1.69. The second-order valence-electron chi connectivity index (χ2n) is 4.04. The van der Waals surface area contributed by atoms with Crippen molar-refractivity contribution in [2.75, 3.05) is 11.5 Å². The van der Waals surface area contributed by atoms with Crippen LogP contribution in [0.2, 0.25) is 0 Å². The molecule has 0 saturated heterocycles. The summed E-state index contributed by atoms with van der Waals surface area (Å²) in [6.07, 6.45) is -0.146. The van der Waals surface area contributed by atoms with Gasteiger partial charge in [-0.2, -0.15) is 0 Å². The summed E-state index contributed by atoms with van der Waals surface area (Å²) in [6, 6.07) is 12.1. The van der Waals surface area contributed by atoms with Gasteiger partial charge in [-0.25, -0.2) is 0 Å². The third kappa shape index (κ3) is 2.95. The van der Waals surface area contributed by atoms with Crippen molar-refractivity contribution >= 4 is 17.3 Å². The molecule has 0 saturated carbocycles. The first-order valence-corrected chi connectivity index (χ1v) is 5.69. The van der Waals surface area contributed by atoms with Crippen molar-refractivity contribution in [2.24, 2.45) is 0 Å². The van der Waals surface area contributed by atoms with Gasteiger partial charge < -0.3 is 21.3 Å². The average Bonchev–Trinajstić information content (AvgIpc) is 2.36. The highest BCUT2D eigenvalue weighted by Gasteiger charge is 2.10. The van der Waals surface area contributed by atoms with Gasteiger partial charge in [-0.1, -0.05) is 24.3 Å². The van der Waals surface area contributed by atoms with Crippen LogP contribution in [-0.4, -0.2) is 11.1 Å². The van der Waals surface area contributed by atoms with Gasteiger partial charge in [-0.15, -0.1) is 0 Å². The Hall–Kier alpha value is -2.69. The fraction of sp³-hybridized carbons (Fsp3) is 0.0714. The lowest BCUT2D eigenvalue weighted by molar-refractivity contribution is -0.136. The molecule has 0 aliphatic carbocycles. The fourth-order valence-electron chi connectivity index (χ4n) is 1.69. The number of carboxylic acids is 1. The van der Waals surface area contributed by atoms with Crippen LogP contribution in [0.5, 0.6) is 11.5 Å². The summed E-state index contributed by atoms with van der Waals surface area (Å²) in [6.45, 7) is 0. The van der Waals surface area contributed by atoms with Gasteiger partial charge in [0, 0.05) is 0 Å². The van der Waals surface area contributed by atoms with E-state index in [2.05, 4.69) is 0 Å².